The van der Waals surface area contributed by atoms with Gasteiger partial charge in [-0.2, -0.15) is 0 Å². The summed E-state index contributed by atoms with van der Waals surface area (Å²) >= 11 is 0. The van der Waals surface area contributed by atoms with Crippen LogP contribution < -0.4 is 5.32 Å². The number of ether oxygens (including phenoxy) is 1. The summed E-state index contributed by atoms with van der Waals surface area (Å²) < 4.78 is 5.96. The Morgan fingerprint density at radius 3 is 2.65 bits per heavy atom. The lowest BCUT2D eigenvalue weighted by atomic mass is 9.89. The Balaban J connectivity index is 1.45. The summed E-state index contributed by atoms with van der Waals surface area (Å²) in [6.07, 6.45) is 11.6. The fourth-order valence-electron chi connectivity index (χ4n) is 3.35. The lowest BCUT2D eigenvalue weighted by molar-refractivity contribution is 0.0172. The number of hydrogen-bond donors (Lipinski definition) is 1. The molecule has 0 saturated heterocycles. The molecule has 0 amide bonds. The molecule has 2 saturated carbocycles. The van der Waals surface area contributed by atoms with Crippen LogP contribution in [0.2, 0.25) is 0 Å². The van der Waals surface area contributed by atoms with E-state index >= 15 is 0 Å². The molecule has 0 aliphatic heterocycles. The lowest BCUT2D eigenvalue weighted by Gasteiger charge is -2.26. The van der Waals surface area contributed by atoms with Gasteiger partial charge in [-0.25, -0.2) is 0 Å². The van der Waals surface area contributed by atoms with Crippen LogP contribution in [-0.2, 0) is 4.74 Å². The van der Waals surface area contributed by atoms with E-state index in [-0.39, 0.29) is 0 Å². The van der Waals surface area contributed by atoms with Crippen LogP contribution in [0.1, 0.15) is 58.3 Å². The van der Waals surface area contributed by atoms with Crippen LogP contribution in [0.15, 0.2) is 0 Å². The molecule has 0 aromatic heterocycles. The van der Waals surface area contributed by atoms with Crippen molar-refractivity contribution in [2.24, 2.45) is 11.8 Å². The second-order valence-corrected chi connectivity index (χ2v) is 6.12. The first-order valence-electron chi connectivity index (χ1n) is 7.67. The molecule has 0 spiro atoms. The second kappa shape index (κ2) is 7.38. The molecular weight excluding hydrogens is 210 g/mol. The molecule has 2 aliphatic carbocycles. The van der Waals surface area contributed by atoms with Crippen molar-refractivity contribution in [3.8, 4) is 0 Å². The molecule has 0 aromatic carbocycles. The first kappa shape index (κ1) is 13.4. The Labute approximate surface area is 107 Å². The maximum Gasteiger partial charge on any atom is 0.0594 e. The van der Waals surface area contributed by atoms with Gasteiger partial charge in [0.1, 0.15) is 0 Å². The highest BCUT2D eigenvalue weighted by Crippen LogP contribution is 2.25. The fourth-order valence-corrected chi connectivity index (χ4v) is 3.35. The Kier molecular flexibility index (Phi) is 5.79. The van der Waals surface area contributed by atoms with E-state index < -0.39 is 0 Å². The first-order chi connectivity index (χ1) is 8.34. The van der Waals surface area contributed by atoms with Crippen LogP contribution in [-0.4, -0.2) is 25.8 Å². The van der Waals surface area contributed by atoms with E-state index in [9.17, 15) is 0 Å². The van der Waals surface area contributed by atoms with Crippen LogP contribution in [0, 0.1) is 11.8 Å². The van der Waals surface area contributed by atoms with Gasteiger partial charge in [-0.3, -0.25) is 0 Å². The van der Waals surface area contributed by atoms with Gasteiger partial charge in [-0.15, -0.1) is 0 Å². The van der Waals surface area contributed by atoms with Crippen molar-refractivity contribution in [2.45, 2.75) is 64.4 Å². The minimum Gasteiger partial charge on any atom is -0.377 e. The highest BCUT2D eigenvalue weighted by atomic mass is 16.5. The Morgan fingerprint density at radius 2 is 1.88 bits per heavy atom. The molecule has 100 valence electrons. The Bertz CT molecular complexity index is 201. The lowest BCUT2D eigenvalue weighted by Crippen LogP contribution is -2.28. The zero-order valence-electron chi connectivity index (χ0n) is 11.4. The molecule has 1 N–H and O–H groups in total. The minimum absolute atomic E-state index is 0.548. The van der Waals surface area contributed by atoms with Gasteiger partial charge in [0.2, 0.25) is 0 Å². The average Bonchev–Trinajstić information content (AvgIpc) is 2.82. The normalized spacial score (nSPS) is 30.9. The third-order valence-electron chi connectivity index (χ3n) is 4.43. The summed E-state index contributed by atoms with van der Waals surface area (Å²) in [5.41, 5.74) is 0. The summed E-state index contributed by atoms with van der Waals surface area (Å²) in [6, 6.07) is 0. The number of nitrogens with one attached hydrogen (secondary N) is 1. The third kappa shape index (κ3) is 4.97. The molecule has 2 heteroatoms. The number of rotatable bonds is 6. The summed E-state index contributed by atoms with van der Waals surface area (Å²) in [6.45, 7) is 5.52. The Morgan fingerprint density at radius 1 is 1.06 bits per heavy atom. The van der Waals surface area contributed by atoms with Gasteiger partial charge in [0, 0.05) is 6.54 Å². The predicted octanol–water partition coefficient (Wildman–Crippen LogP) is 3.36. The van der Waals surface area contributed by atoms with Crippen LogP contribution >= 0.6 is 0 Å². The smallest absolute Gasteiger partial charge is 0.0594 e. The van der Waals surface area contributed by atoms with Crippen molar-refractivity contribution in [3.05, 3.63) is 0 Å². The molecule has 2 rings (SSSR count). The van der Waals surface area contributed by atoms with Crippen molar-refractivity contribution in [2.75, 3.05) is 19.7 Å². The maximum atomic E-state index is 5.96. The molecule has 0 heterocycles. The quantitative estimate of drug-likeness (QED) is 0.718. The van der Waals surface area contributed by atoms with Gasteiger partial charge in [0.05, 0.1) is 12.7 Å². The largest absolute Gasteiger partial charge is 0.377 e. The van der Waals surface area contributed by atoms with Gasteiger partial charge in [0.25, 0.3) is 0 Å². The minimum atomic E-state index is 0.548. The molecule has 0 radical (unpaired) electrons. The van der Waals surface area contributed by atoms with Crippen LogP contribution in [0.5, 0.6) is 0 Å². The molecule has 2 aliphatic rings. The molecule has 2 nitrogen and oxygen atoms in total. The van der Waals surface area contributed by atoms with Crippen molar-refractivity contribution < 1.29 is 4.74 Å². The van der Waals surface area contributed by atoms with Gasteiger partial charge in [-0.1, -0.05) is 32.6 Å². The number of hydrogen-bond acceptors (Lipinski definition) is 2. The maximum absolute atomic E-state index is 5.96. The molecule has 2 fully saturated rings. The van der Waals surface area contributed by atoms with Gasteiger partial charge >= 0.3 is 0 Å². The van der Waals surface area contributed by atoms with Crippen molar-refractivity contribution >= 4 is 0 Å². The topological polar surface area (TPSA) is 21.3 Å². The van der Waals surface area contributed by atoms with E-state index in [4.69, 9.17) is 4.74 Å². The first-order valence-corrected chi connectivity index (χ1v) is 7.67. The van der Waals surface area contributed by atoms with E-state index in [0.29, 0.717) is 6.10 Å². The zero-order valence-corrected chi connectivity index (χ0v) is 11.4. The summed E-state index contributed by atoms with van der Waals surface area (Å²) in [7, 11) is 0. The highest BCUT2D eigenvalue weighted by Gasteiger charge is 2.19. The van der Waals surface area contributed by atoms with E-state index in [2.05, 4.69) is 12.2 Å². The van der Waals surface area contributed by atoms with E-state index in [1.807, 2.05) is 0 Å². The fraction of sp³-hybridized carbons (Fsp3) is 1.00. The zero-order chi connectivity index (χ0) is 11.9. The van der Waals surface area contributed by atoms with Gasteiger partial charge in [0.15, 0.2) is 0 Å². The summed E-state index contributed by atoms with van der Waals surface area (Å²) in [5, 5.41) is 3.55. The summed E-state index contributed by atoms with van der Waals surface area (Å²) in [4.78, 5) is 0. The molecule has 2 atom stereocenters. The van der Waals surface area contributed by atoms with Gasteiger partial charge in [-0.05, 0) is 44.1 Å². The van der Waals surface area contributed by atoms with Gasteiger partial charge < -0.3 is 10.1 Å². The SMILES string of the molecule is CC1CCCC(OCCNCC2CCCC2)C1. The van der Waals surface area contributed by atoms with Crippen molar-refractivity contribution in [3.63, 3.8) is 0 Å². The Hall–Kier alpha value is -0.0800. The molecule has 0 aromatic rings. The van der Waals surface area contributed by atoms with Crippen LogP contribution in [0.3, 0.4) is 0 Å². The van der Waals surface area contributed by atoms with Crippen LogP contribution in [0.25, 0.3) is 0 Å². The standard InChI is InChI=1S/C15H29NO/c1-13-5-4-8-15(11-13)17-10-9-16-12-14-6-2-3-7-14/h13-16H,2-12H2,1H3. The van der Waals surface area contributed by atoms with Crippen LogP contribution in [0.4, 0.5) is 0 Å². The molecular formula is C15H29NO. The molecule has 17 heavy (non-hydrogen) atoms. The van der Waals surface area contributed by atoms with E-state index in [0.717, 1.165) is 25.0 Å². The predicted molar refractivity (Wildman–Crippen MR) is 72.2 cm³/mol. The monoisotopic (exact) mass is 239 g/mol. The molecule has 2 unspecified atom stereocenters. The van der Waals surface area contributed by atoms with E-state index in [1.54, 1.807) is 0 Å². The summed E-state index contributed by atoms with van der Waals surface area (Å²) in [5.74, 6) is 1.82. The van der Waals surface area contributed by atoms with E-state index in [1.165, 1.54) is 57.9 Å². The highest BCUT2D eigenvalue weighted by molar-refractivity contribution is 4.71. The average molecular weight is 239 g/mol. The molecule has 0 bridgehead atoms. The third-order valence-corrected chi connectivity index (χ3v) is 4.43. The second-order valence-electron chi connectivity index (χ2n) is 6.12. The van der Waals surface area contributed by atoms with Crippen molar-refractivity contribution in [1.82, 2.24) is 5.32 Å². The van der Waals surface area contributed by atoms with Crippen molar-refractivity contribution in [1.29, 1.82) is 0 Å².